The number of rotatable bonds is 5. The minimum atomic E-state index is -0.416. The first kappa shape index (κ1) is 19.8. The molecule has 0 fully saturated rings. The second kappa shape index (κ2) is 9.83. The summed E-state index contributed by atoms with van der Waals surface area (Å²) in [5, 5.41) is 0.455. The van der Waals surface area contributed by atoms with E-state index in [-0.39, 0.29) is 12.5 Å². The van der Waals surface area contributed by atoms with Gasteiger partial charge in [-0.05, 0) is 35.9 Å². The third kappa shape index (κ3) is 4.99. The highest BCUT2D eigenvalue weighted by molar-refractivity contribution is 5.78. The molecule has 3 aromatic rings. The average molecular weight is 363 g/mol. The van der Waals surface area contributed by atoms with E-state index >= 15 is 0 Å². The Bertz CT molecular complexity index is 1030. The molecule has 5 heteroatoms. The number of para-hydroxylation sites is 1. The van der Waals surface area contributed by atoms with Gasteiger partial charge in [-0.2, -0.15) is 0 Å². The van der Waals surface area contributed by atoms with E-state index in [0.717, 1.165) is 5.56 Å². The van der Waals surface area contributed by atoms with E-state index in [0.29, 0.717) is 22.4 Å². The maximum Gasteiger partial charge on any atom is 0.347 e. The molecule has 27 heavy (non-hydrogen) atoms. The van der Waals surface area contributed by atoms with Gasteiger partial charge in [-0.3, -0.25) is 0 Å². The van der Waals surface area contributed by atoms with Crippen LogP contribution in [-0.4, -0.2) is 18.7 Å². The number of hydrogen-bond acceptors (Lipinski definition) is 5. The third-order valence-corrected chi connectivity index (χ3v) is 3.47. The second-order valence-corrected chi connectivity index (χ2v) is 5.09. The van der Waals surface area contributed by atoms with Crippen molar-refractivity contribution in [1.29, 1.82) is 0 Å². The molecule has 2 aromatic carbocycles. The van der Waals surface area contributed by atoms with Crippen molar-refractivity contribution in [3.05, 3.63) is 64.3 Å². The Morgan fingerprint density at radius 1 is 1.15 bits per heavy atom. The van der Waals surface area contributed by atoms with Crippen LogP contribution in [-0.2, 0) is 0 Å². The molecule has 0 unspecified atom stereocenters. The molecule has 0 aliphatic rings. The fraction of sp³-hybridized carbons (Fsp3) is 0.182. The summed E-state index contributed by atoms with van der Waals surface area (Å²) in [7, 11) is 1.55. The maximum absolute atomic E-state index is 12.0. The maximum atomic E-state index is 12.0. The molecule has 0 saturated carbocycles. The lowest BCUT2D eigenvalue weighted by Crippen LogP contribution is -2.02. The Labute approximate surface area is 158 Å². The monoisotopic (exact) mass is 363 g/mol. The number of nitrogens with zero attached hydrogens (tertiary/aromatic N) is 1. The smallest absolute Gasteiger partial charge is 0.347 e. The summed E-state index contributed by atoms with van der Waals surface area (Å²) in [4.78, 5) is 16.3. The molecule has 0 saturated heterocycles. The fourth-order valence-corrected chi connectivity index (χ4v) is 2.30. The van der Waals surface area contributed by atoms with Crippen LogP contribution in [0.1, 0.15) is 25.3 Å². The SMILES string of the molecule is C#CCOc1ccc(/C=C/c2nc3ccccc3c(=O)o2)cc1OC.CC. The molecule has 0 radical (unpaired) electrons. The predicted octanol–water partition coefficient (Wildman–Crippen LogP) is 4.41. The van der Waals surface area contributed by atoms with Gasteiger partial charge in [0.15, 0.2) is 11.5 Å². The Hall–Kier alpha value is -3.52. The highest BCUT2D eigenvalue weighted by atomic mass is 16.5. The first-order valence-corrected chi connectivity index (χ1v) is 8.53. The summed E-state index contributed by atoms with van der Waals surface area (Å²) >= 11 is 0. The molecule has 0 N–H and O–H groups in total. The van der Waals surface area contributed by atoms with Gasteiger partial charge in [-0.1, -0.05) is 38.0 Å². The highest BCUT2D eigenvalue weighted by Gasteiger charge is 2.05. The van der Waals surface area contributed by atoms with Gasteiger partial charge in [0.25, 0.3) is 0 Å². The Morgan fingerprint density at radius 2 is 1.93 bits per heavy atom. The van der Waals surface area contributed by atoms with Gasteiger partial charge in [0.2, 0.25) is 5.89 Å². The first-order chi connectivity index (χ1) is 13.2. The summed E-state index contributed by atoms with van der Waals surface area (Å²) in [6, 6.07) is 12.4. The summed E-state index contributed by atoms with van der Waals surface area (Å²) in [6.45, 7) is 4.16. The first-order valence-electron chi connectivity index (χ1n) is 8.53. The van der Waals surface area contributed by atoms with E-state index < -0.39 is 5.63 Å². The van der Waals surface area contributed by atoms with Gasteiger partial charge in [0, 0.05) is 6.08 Å². The van der Waals surface area contributed by atoms with Crippen LogP contribution in [0.3, 0.4) is 0 Å². The lowest BCUT2D eigenvalue weighted by atomic mass is 10.2. The van der Waals surface area contributed by atoms with Gasteiger partial charge in [-0.25, -0.2) is 9.78 Å². The number of aromatic nitrogens is 1. The standard InChI is InChI=1S/C20H15NO4.C2H6/c1-3-12-24-17-10-8-14(13-18(17)23-2)9-11-19-21-16-7-5-4-6-15(16)20(22)25-19;1-2/h1,4-11,13H,12H2,2H3;1-2H3/b11-9+;. The lowest BCUT2D eigenvalue weighted by Gasteiger charge is -2.09. The van der Waals surface area contributed by atoms with Crippen molar-refractivity contribution >= 4 is 23.1 Å². The van der Waals surface area contributed by atoms with Crippen molar-refractivity contribution < 1.29 is 13.9 Å². The highest BCUT2D eigenvalue weighted by Crippen LogP contribution is 2.28. The number of ether oxygens (including phenoxy) is 2. The van der Waals surface area contributed by atoms with Gasteiger partial charge < -0.3 is 13.9 Å². The summed E-state index contributed by atoms with van der Waals surface area (Å²) in [5.74, 6) is 3.76. The van der Waals surface area contributed by atoms with Crippen molar-refractivity contribution in [3.8, 4) is 23.8 Å². The largest absolute Gasteiger partial charge is 0.493 e. The third-order valence-electron chi connectivity index (χ3n) is 3.47. The van der Waals surface area contributed by atoms with Crippen LogP contribution >= 0.6 is 0 Å². The molecule has 0 aliphatic carbocycles. The molecule has 3 rings (SSSR count). The molecule has 0 amide bonds. The van der Waals surface area contributed by atoms with Crippen LogP contribution in [0.2, 0.25) is 0 Å². The summed E-state index contributed by atoms with van der Waals surface area (Å²) in [5.41, 5.74) is 1.01. The molecule has 0 atom stereocenters. The summed E-state index contributed by atoms with van der Waals surface area (Å²) in [6.07, 6.45) is 8.59. The van der Waals surface area contributed by atoms with Crippen LogP contribution in [0.15, 0.2) is 51.7 Å². The van der Waals surface area contributed by atoms with Crippen LogP contribution in [0.4, 0.5) is 0 Å². The molecule has 0 bridgehead atoms. The number of fused-ring (bicyclic) bond motifs is 1. The van der Waals surface area contributed by atoms with Crippen molar-refractivity contribution in [2.75, 3.05) is 13.7 Å². The Balaban J connectivity index is 0.00000126. The number of hydrogen-bond donors (Lipinski definition) is 0. The zero-order chi connectivity index (χ0) is 19.6. The van der Waals surface area contributed by atoms with Crippen LogP contribution in [0, 0.1) is 12.3 Å². The van der Waals surface area contributed by atoms with Gasteiger partial charge >= 0.3 is 5.63 Å². The zero-order valence-corrected chi connectivity index (χ0v) is 15.6. The molecular weight excluding hydrogens is 342 g/mol. The molecular formula is C22H21NO4. The molecule has 1 aromatic heterocycles. The zero-order valence-electron chi connectivity index (χ0n) is 15.6. The minimum absolute atomic E-state index is 0.164. The van der Waals surface area contributed by atoms with Gasteiger partial charge in [0.1, 0.15) is 6.61 Å². The van der Waals surface area contributed by atoms with Crippen LogP contribution in [0.5, 0.6) is 11.5 Å². The molecule has 1 heterocycles. The lowest BCUT2D eigenvalue weighted by molar-refractivity contribution is 0.331. The minimum Gasteiger partial charge on any atom is -0.493 e. The Kier molecular flexibility index (Phi) is 7.21. The number of terminal acetylenes is 1. The fourth-order valence-electron chi connectivity index (χ4n) is 2.30. The Morgan fingerprint density at radius 3 is 2.67 bits per heavy atom. The normalized spacial score (nSPS) is 10.1. The molecule has 0 aliphatic heterocycles. The van der Waals surface area contributed by atoms with E-state index in [2.05, 4.69) is 10.9 Å². The number of methoxy groups -OCH3 is 1. The van der Waals surface area contributed by atoms with Gasteiger partial charge in [-0.15, -0.1) is 6.42 Å². The molecule has 5 nitrogen and oxygen atoms in total. The van der Waals surface area contributed by atoms with Crippen LogP contribution < -0.4 is 15.1 Å². The van der Waals surface area contributed by atoms with E-state index in [1.807, 2.05) is 26.0 Å². The average Bonchev–Trinajstić information content (AvgIpc) is 2.72. The van der Waals surface area contributed by atoms with E-state index in [1.165, 1.54) is 0 Å². The molecule has 0 spiro atoms. The number of benzene rings is 2. The molecule has 138 valence electrons. The van der Waals surface area contributed by atoms with Crippen molar-refractivity contribution in [2.24, 2.45) is 0 Å². The van der Waals surface area contributed by atoms with Gasteiger partial charge in [0.05, 0.1) is 18.0 Å². The topological polar surface area (TPSA) is 61.6 Å². The van der Waals surface area contributed by atoms with Crippen LogP contribution in [0.25, 0.3) is 23.1 Å². The quantitative estimate of drug-likeness (QED) is 0.629. The van der Waals surface area contributed by atoms with E-state index in [9.17, 15) is 4.79 Å². The van der Waals surface area contributed by atoms with E-state index in [4.69, 9.17) is 20.3 Å². The summed E-state index contributed by atoms with van der Waals surface area (Å²) < 4.78 is 15.9. The predicted molar refractivity (Wildman–Crippen MR) is 108 cm³/mol. The van der Waals surface area contributed by atoms with Crippen molar-refractivity contribution in [1.82, 2.24) is 4.98 Å². The van der Waals surface area contributed by atoms with Crippen molar-refractivity contribution in [2.45, 2.75) is 13.8 Å². The van der Waals surface area contributed by atoms with Crippen molar-refractivity contribution in [3.63, 3.8) is 0 Å². The van der Waals surface area contributed by atoms with E-state index in [1.54, 1.807) is 49.6 Å². The second-order valence-electron chi connectivity index (χ2n) is 5.09.